The normalized spacial score (nSPS) is 15.1. The molecule has 0 radical (unpaired) electrons. The SMILES string of the molecule is COc1cccc(CCc2nc3cccnc3n2C2CCN(C(=O)C(C)C)CC2)c1. The number of hydrogen-bond donors (Lipinski definition) is 0. The first-order valence-electron chi connectivity index (χ1n) is 10.8. The van der Waals surface area contributed by atoms with Crippen LogP contribution in [-0.2, 0) is 17.6 Å². The summed E-state index contributed by atoms with van der Waals surface area (Å²) in [6, 6.07) is 12.5. The zero-order valence-corrected chi connectivity index (χ0v) is 18.0. The monoisotopic (exact) mass is 406 g/mol. The van der Waals surface area contributed by atoms with Gasteiger partial charge in [0.15, 0.2) is 5.65 Å². The van der Waals surface area contributed by atoms with E-state index in [4.69, 9.17) is 9.72 Å². The highest BCUT2D eigenvalue weighted by atomic mass is 16.5. The summed E-state index contributed by atoms with van der Waals surface area (Å²) >= 11 is 0. The second-order valence-corrected chi connectivity index (χ2v) is 8.31. The second-order valence-electron chi connectivity index (χ2n) is 8.31. The summed E-state index contributed by atoms with van der Waals surface area (Å²) in [6.45, 7) is 5.53. The molecule has 0 saturated carbocycles. The number of fused-ring (bicyclic) bond motifs is 1. The molecule has 2 aromatic heterocycles. The van der Waals surface area contributed by atoms with E-state index in [0.29, 0.717) is 6.04 Å². The van der Waals surface area contributed by atoms with Gasteiger partial charge in [-0.05, 0) is 49.1 Å². The van der Waals surface area contributed by atoms with E-state index in [1.165, 1.54) is 5.56 Å². The smallest absolute Gasteiger partial charge is 0.225 e. The number of rotatable bonds is 6. The van der Waals surface area contributed by atoms with Gasteiger partial charge in [-0.3, -0.25) is 4.79 Å². The molecule has 0 atom stereocenters. The Morgan fingerprint density at radius 1 is 1.17 bits per heavy atom. The number of aryl methyl sites for hydroxylation is 2. The zero-order chi connectivity index (χ0) is 21.1. The van der Waals surface area contributed by atoms with Crippen LogP contribution in [0.2, 0.25) is 0 Å². The van der Waals surface area contributed by atoms with Gasteiger partial charge in [0, 0.05) is 37.7 Å². The van der Waals surface area contributed by atoms with E-state index in [1.807, 2.05) is 49.2 Å². The Bertz CT molecular complexity index is 1020. The molecule has 1 fully saturated rings. The van der Waals surface area contributed by atoms with Gasteiger partial charge < -0.3 is 14.2 Å². The molecule has 0 spiro atoms. The first kappa shape index (κ1) is 20.4. The fraction of sp³-hybridized carbons (Fsp3) is 0.458. The van der Waals surface area contributed by atoms with Crippen molar-refractivity contribution in [2.75, 3.05) is 20.2 Å². The van der Waals surface area contributed by atoms with Crippen LogP contribution in [0.1, 0.15) is 44.1 Å². The van der Waals surface area contributed by atoms with Crippen molar-refractivity contribution in [2.45, 2.75) is 45.6 Å². The quantitative estimate of drug-likeness (QED) is 0.620. The van der Waals surface area contributed by atoms with Crippen LogP contribution in [-0.4, -0.2) is 45.5 Å². The van der Waals surface area contributed by atoms with Gasteiger partial charge in [0.2, 0.25) is 5.91 Å². The molecule has 6 heteroatoms. The van der Waals surface area contributed by atoms with Crippen LogP contribution in [0.5, 0.6) is 5.75 Å². The summed E-state index contributed by atoms with van der Waals surface area (Å²) < 4.78 is 7.68. The van der Waals surface area contributed by atoms with Gasteiger partial charge in [-0.1, -0.05) is 26.0 Å². The highest BCUT2D eigenvalue weighted by Crippen LogP contribution is 2.29. The number of benzene rings is 1. The molecule has 0 unspecified atom stereocenters. The van der Waals surface area contributed by atoms with Crippen molar-refractivity contribution in [2.24, 2.45) is 5.92 Å². The molecule has 6 nitrogen and oxygen atoms in total. The molecule has 3 heterocycles. The Labute approximate surface area is 177 Å². The lowest BCUT2D eigenvalue weighted by Gasteiger charge is -2.34. The maximum atomic E-state index is 12.4. The molecule has 0 N–H and O–H groups in total. The van der Waals surface area contributed by atoms with Crippen molar-refractivity contribution in [3.05, 3.63) is 54.0 Å². The standard InChI is InChI=1S/C24H30N4O2/c1-17(2)24(29)27-14-11-19(12-15-27)28-22(26-21-8-5-13-25-23(21)28)10-9-18-6-4-7-20(16-18)30-3/h4-8,13,16-17,19H,9-12,14-15H2,1-3H3. The van der Waals surface area contributed by atoms with E-state index in [9.17, 15) is 4.79 Å². The molecule has 158 valence electrons. The molecule has 4 rings (SSSR count). The van der Waals surface area contributed by atoms with Crippen LogP contribution in [0.25, 0.3) is 11.2 Å². The van der Waals surface area contributed by atoms with Crippen LogP contribution < -0.4 is 4.74 Å². The topological polar surface area (TPSA) is 60.3 Å². The summed E-state index contributed by atoms with van der Waals surface area (Å²) in [7, 11) is 1.70. The number of methoxy groups -OCH3 is 1. The fourth-order valence-electron chi connectivity index (χ4n) is 4.33. The Morgan fingerprint density at radius 3 is 2.70 bits per heavy atom. The van der Waals surface area contributed by atoms with E-state index in [1.54, 1.807) is 7.11 Å². The lowest BCUT2D eigenvalue weighted by atomic mass is 10.0. The van der Waals surface area contributed by atoms with Crippen molar-refractivity contribution in [1.29, 1.82) is 0 Å². The van der Waals surface area contributed by atoms with Crippen molar-refractivity contribution in [1.82, 2.24) is 19.4 Å². The van der Waals surface area contributed by atoms with E-state index < -0.39 is 0 Å². The van der Waals surface area contributed by atoms with Crippen molar-refractivity contribution >= 4 is 17.1 Å². The molecule has 1 aliphatic heterocycles. The number of ether oxygens (including phenoxy) is 1. The molecule has 0 aliphatic carbocycles. The number of aromatic nitrogens is 3. The van der Waals surface area contributed by atoms with Gasteiger partial charge in [0.25, 0.3) is 0 Å². The Balaban J connectivity index is 1.56. The number of pyridine rings is 1. The third kappa shape index (κ3) is 4.18. The molecule has 3 aromatic rings. The minimum Gasteiger partial charge on any atom is -0.497 e. The van der Waals surface area contributed by atoms with Crippen LogP contribution in [0.4, 0.5) is 0 Å². The van der Waals surface area contributed by atoms with Gasteiger partial charge in [0.05, 0.1) is 7.11 Å². The summed E-state index contributed by atoms with van der Waals surface area (Å²) in [5.74, 6) is 2.25. The van der Waals surface area contributed by atoms with Crippen molar-refractivity contribution in [3.8, 4) is 5.75 Å². The summed E-state index contributed by atoms with van der Waals surface area (Å²) in [4.78, 5) is 23.9. The number of piperidine rings is 1. The predicted octanol–water partition coefficient (Wildman–Crippen LogP) is 4.04. The third-order valence-electron chi connectivity index (χ3n) is 5.93. The zero-order valence-electron chi connectivity index (χ0n) is 18.0. The van der Waals surface area contributed by atoms with Gasteiger partial charge in [0.1, 0.15) is 17.1 Å². The second kappa shape index (κ2) is 8.86. The summed E-state index contributed by atoms with van der Waals surface area (Å²) in [5.41, 5.74) is 3.13. The van der Waals surface area contributed by atoms with Crippen LogP contribution in [0.3, 0.4) is 0 Å². The first-order chi connectivity index (χ1) is 14.6. The van der Waals surface area contributed by atoms with E-state index in [-0.39, 0.29) is 11.8 Å². The average Bonchev–Trinajstić information content (AvgIpc) is 3.15. The number of amides is 1. The van der Waals surface area contributed by atoms with E-state index in [0.717, 1.165) is 61.5 Å². The number of imidazole rings is 1. The van der Waals surface area contributed by atoms with E-state index in [2.05, 4.69) is 21.7 Å². The maximum absolute atomic E-state index is 12.4. The minimum atomic E-state index is 0.0516. The first-order valence-corrected chi connectivity index (χ1v) is 10.8. The summed E-state index contributed by atoms with van der Waals surface area (Å²) in [5, 5.41) is 0. The predicted molar refractivity (Wildman–Crippen MR) is 118 cm³/mol. The molecule has 1 amide bonds. The van der Waals surface area contributed by atoms with Gasteiger partial charge >= 0.3 is 0 Å². The number of likely N-dealkylation sites (tertiary alicyclic amines) is 1. The minimum absolute atomic E-state index is 0.0516. The Hall–Kier alpha value is -2.89. The highest BCUT2D eigenvalue weighted by Gasteiger charge is 2.27. The molecule has 1 aromatic carbocycles. The molecular weight excluding hydrogens is 376 g/mol. The average molecular weight is 407 g/mol. The molecule has 0 bridgehead atoms. The number of hydrogen-bond acceptors (Lipinski definition) is 4. The fourth-order valence-corrected chi connectivity index (χ4v) is 4.33. The van der Waals surface area contributed by atoms with Crippen LogP contribution >= 0.6 is 0 Å². The number of carbonyl (C=O) groups is 1. The maximum Gasteiger partial charge on any atom is 0.225 e. The molecule has 30 heavy (non-hydrogen) atoms. The Morgan fingerprint density at radius 2 is 1.97 bits per heavy atom. The van der Waals surface area contributed by atoms with E-state index >= 15 is 0 Å². The van der Waals surface area contributed by atoms with Crippen LogP contribution in [0, 0.1) is 5.92 Å². The largest absolute Gasteiger partial charge is 0.497 e. The van der Waals surface area contributed by atoms with Gasteiger partial charge in [-0.2, -0.15) is 0 Å². The summed E-state index contributed by atoms with van der Waals surface area (Å²) in [6.07, 6.45) is 5.45. The highest BCUT2D eigenvalue weighted by molar-refractivity contribution is 5.78. The molecular formula is C24H30N4O2. The third-order valence-corrected chi connectivity index (χ3v) is 5.93. The van der Waals surface area contributed by atoms with Crippen molar-refractivity contribution < 1.29 is 9.53 Å². The number of nitrogens with zero attached hydrogens (tertiary/aromatic N) is 4. The molecule has 1 aliphatic rings. The lowest BCUT2D eigenvalue weighted by Crippen LogP contribution is -2.41. The van der Waals surface area contributed by atoms with Crippen LogP contribution in [0.15, 0.2) is 42.6 Å². The number of carbonyl (C=O) groups excluding carboxylic acids is 1. The molecule has 1 saturated heterocycles. The van der Waals surface area contributed by atoms with Gasteiger partial charge in [-0.15, -0.1) is 0 Å². The lowest BCUT2D eigenvalue weighted by molar-refractivity contribution is -0.135. The Kier molecular flexibility index (Phi) is 6.02. The van der Waals surface area contributed by atoms with Crippen molar-refractivity contribution in [3.63, 3.8) is 0 Å². The van der Waals surface area contributed by atoms with Gasteiger partial charge in [-0.25, -0.2) is 9.97 Å².